The van der Waals surface area contributed by atoms with Crippen molar-refractivity contribution in [3.63, 3.8) is 0 Å². The van der Waals surface area contributed by atoms with Gasteiger partial charge < -0.3 is 4.98 Å². The lowest BCUT2D eigenvalue weighted by atomic mass is 10.2. The highest BCUT2D eigenvalue weighted by molar-refractivity contribution is 6.68. The molecule has 54 valence electrons. The van der Waals surface area contributed by atoms with Crippen LogP contribution in [0.1, 0.15) is 21.6 Å². The van der Waals surface area contributed by atoms with Gasteiger partial charge in [-0.25, -0.2) is 0 Å². The molecule has 0 saturated heterocycles. The normalized spacial score (nSPS) is 9.90. The van der Waals surface area contributed by atoms with E-state index in [1.807, 2.05) is 13.8 Å². The highest BCUT2D eigenvalue weighted by atomic mass is 35.5. The Balaban J connectivity index is 3.23. The van der Waals surface area contributed by atoms with Crippen LogP contribution in [-0.4, -0.2) is 10.2 Å². The molecule has 0 fully saturated rings. The maximum Gasteiger partial charge on any atom is 0.254 e. The van der Waals surface area contributed by atoms with Crippen LogP contribution in [0.15, 0.2) is 6.20 Å². The molecule has 1 N–H and O–H groups in total. The van der Waals surface area contributed by atoms with Crippen molar-refractivity contribution in [2.24, 2.45) is 0 Å². The second-order valence-electron chi connectivity index (χ2n) is 2.25. The number of carbonyl (C=O) groups excluding carboxylic acids is 1. The molecular formula is C7H8ClNO. The summed E-state index contributed by atoms with van der Waals surface area (Å²) in [4.78, 5) is 13.6. The third-order valence-electron chi connectivity index (χ3n) is 1.47. The molecule has 0 spiro atoms. The van der Waals surface area contributed by atoms with Crippen LogP contribution in [0.25, 0.3) is 0 Å². The molecule has 0 bridgehead atoms. The number of aromatic amines is 1. The minimum absolute atomic E-state index is 0.392. The Morgan fingerprint density at radius 2 is 2.20 bits per heavy atom. The van der Waals surface area contributed by atoms with Gasteiger partial charge >= 0.3 is 0 Å². The van der Waals surface area contributed by atoms with Gasteiger partial charge in [0.05, 0.1) is 5.56 Å². The van der Waals surface area contributed by atoms with Gasteiger partial charge in [-0.2, -0.15) is 0 Å². The van der Waals surface area contributed by atoms with Gasteiger partial charge in [-0.1, -0.05) is 0 Å². The Morgan fingerprint density at radius 1 is 1.60 bits per heavy atom. The number of halogens is 1. The van der Waals surface area contributed by atoms with Crippen molar-refractivity contribution in [3.05, 3.63) is 23.0 Å². The lowest BCUT2D eigenvalue weighted by molar-refractivity contribution is 0.108. The van der Waals surface area contributed by atoms with Crippen LogP contribution >= 0.6 is 11.6 Å². The first-order valence-electron chi connectivity index (χ1n) is 2.97. The van der Waals surface area contributed by atoms with Crippen molar-refractivity contribution in [1.29, 1.82) is 0 Å². The van der Waals surface area contributed by atoms with Crippen LogP contribution < -0.4 is 0 Å². The number of nitrogens with one attached hydrogen (secondary N) is 1. The summed E-state index contributed by atoms with van der Waals surface area (Å²) >= 11 is 5.30. The third-order valence-corrected chi connectivity index (χ3v) is 1.66. The van der Waals surface area contributed by atoms with Crippen LogP contribution in [0, 0.1) is 13.8 Å². The number of hydrogen-bond donors (Lipinski definition) is 1. The zero-order valence-corrected chi connectivity index (χ0v) is 6.62. The maximum absolute atomic E-state index is 10.7. The van der Waals surface area contributed by atoms with Gasteiger partial charge in [0, 0.05) is 11.9 Å². The van der Waals surface area contributed by atoms with Gasteiger partial charge in [-0.15, -0.1) is 0 Å². The smallest absolute Gasteiger partial charge is 0.254 e. The summed E-state index contributed by atoms with van der Waals surface area (Å²) in [5.41, 5.74) is 2.33. The van der Waals surface area contributed by atoms with Crippen molar-refractivity contribution in [2.45, 2.75) is 13.8 Å². The van der Waals surface area contributed by atoms with Crippen LogP contribution in [0.3, 0.4) is 0 Å². The molecule has 0 unspecified atom stereocenters. The highest BCUT2D eigenvalue weighted by Crippen LogP contribution is 2.13. The van der Waals surface area contributed by atoms with Gasteiger partial charge in [-0.3, -0.25) is 4.79 Å². The predicted octanol–water partition coefficient (Wildman–Crippen LogP) is 2.01. The fourth-order valence-corrected chi connectivity index (χ4v) is 1.25. The quantitative estimate of drug-likeness (QED) is 0.622. The van der Waals surface area contributed by atoms with Gasteiger partial charge in [0.1, 0.15) is 0 Å². The van der Waals surface area contributed by atoms with Crippen LogP contribution in [0.4, 0.5) is 0 Å². The number of H-pyrrole nitrogens is 1. The molecule has 0 aliphatic rings. The molecule has 0 aliphatic carbocycles. The van der Waals surface area contributed by atoms with E-state index < -0.39 is 5.24 Å². The first-order chi connectivity index (χ1) is 4.63. The van der Waals surface area contributed by atoms with E-state index in [2.05, 4.69) is 4.98 Å². The third kappa shape index (κ3) is 1.07. The molecule has 3 heteroatoms. The summed E-state index contributed by atoms with van der Waals surface area (Å²) in [6.07, 6.45) is 1.77. The average Bonchev–Trinajstić information content (AvgIpc) is 2.11. The fraction of sp³-hybridized carbons (Fsp3) is 0.286. The van der Waals surface area contributed by atoms with Crippen molar-refractivity contribution < 1.29 is 4.79 Å². The van der Waals surface area contributed by atoms with Gasteiger partial charge in [0.2, 0.25) is 0 Å². The van der Waals surface area contributed by atoms with E-state index in [9.17, 15) is 4.79 Å². The van der Waals surface area contributed by atoms with Crippen molar-refractivity contribution in [1.82, 2.24) is 4.98 Å². The molecule has 2 nitrogen and oxygen atoms in total. The van der Waals surface area contributed by atoms with E-state index in [-0.39, 0.29) is 0 Å². The molecule has 1 aromatic rings. The van der Waals surface area contributed by atoms with E-state index in [1.165, 1.54) is 0 Å². The number of aromatic nitrogens is 1. The summed E-state index contributed by atoms with van der Waals surface area (Å²) in [6, 6.07) is 0. The van der Waals surface area contributed by atoms with Gasteiger partial charge in [0.25, 0.3) is 5.24 Å². The number of hydrogen-bond acceptors (Lipinski definition) is 1. The van der Waals surface area contributed by atoms with E-state index in [0.29, 0.717) is 5.56 Å². The molecule has 0 aromatic carbocycles. The molecule has 0 saturated carbocycles. The number of rotatable bonds is 1. The zero-order valence-electron chi connectivity index (χ0n) is 5.86. The monoisotopic (exact) mass is 157 g/mol. The average molecular weight is 158 g/mol. The Labute approximate surface area is 64.2 Å². The van der Waals surface area contributed by atoms with E-state index >= 15 is 0 Å². The minimum atomic E-state index is -0.392. The standard InChI is InChI=1S/C7H8ClNO/c1-4-3-9-5(2)6(4)7(8)10/h3,9H,1-2H3. The lowest BCUT2D eigenvalue weighted by Gasteiger charge is -1.90. The highest BCUT2D eigenvalue weighted by Gasteiger charge is 2.09. The Kier molecular flexibility index (Phi) is 1.81. The molecule has 1 aromatic heterocycles. The second kappa shape index (κ2) is 2.46. The molecule has 10 heavy (non-hydrogen) atoms. The van der Waals surface area contributed by atoms with Crippen LogP contribution in [0.2, 0.25) is 0 Å². The van der Waals surface area contributed by atoms with Crippen LogP contribution in [-0.2, 0) is 0 Å². The number of aryl methyl sites for hydroxylation is 2. The Morgan fingerprint density at radius 3 is 2.40 bits per heavy atom. The summed E-state index contributed by atoms with van der Waals surface area (Å²) in [5.74, 6) is 0. The molecule has 0 aliphatic heterocycles. The minimum Gasteiger partial charge on any atom is -0.364 e. The molecule has 0 atom stereocenters. The summed E-state index contributed by atoms with van der Waals surface area (Å²) in [6.45, 7) is 3.67. The Bertz CT molecular complexity index is 245. The van der Waals surface area contributed by atoms with Crippen LogP contribution in [0.5, 0.6) is 0 Å². The first-order valence-corrected chi connectivity index (χ1v) is 3.35. The second-order valence-corrected chi connectivity index (χ2v) is 2.59. The van der Waals surface area contributed by atoms with Crippen molar-refractivity contribution in [2.75, 3.05) is 0 Å². The SMILES string of the molecule is Cc1c[nH]c(C)c1C(=O)Cl. The van der Waals surface area contributed by atoms with E-state index in [4.69, 9.17) is 11.6 Å². The topological polar surface area (TPSA) is 32.9 Å². The largest absolute Gasteiger partial charge is 0.364 e. The van der Waals surface area contributed by atoms with Crippen molar-refractivity contribution >= 4 is 16.8 Å². The van der Waals surface area contributed by atoms with Gasteiger partial charge in [-0.05, 0) is 31.0 Å². The fourth-order valence-electron chi connectivity index (χ4n) is 0.959. The lowest BCUT2D eigenvalue weighted by Crippen LogP contribution is -1.91. The summed E-state index contributed by atoms with van der Waals surface area (Å²) in [7, 11) is 0. The molecule has 0 amide bonds. The van der Waals surface area contributed by atoms with E-state index in [0.717, 1.165) is 11.3 Å². The van der Waals surface area contributed by atoms with E-state index in [1.54, 1.807) is 6.20 Å². The first kappa shape index (κ1) is 7.35. The Hall–Kier alpha value is -0.760. The predicted molar refractivity (Wildman–Crippen MR) is 40.5 cm³/mol. The van der Waals surface area contributed by atoms with Gasteiger partial charge in [0.15, 0.2) is 0 Å². The summed E-state index contributed by atoms with van der Waals surface area (Å²) < 4.78 is 0. The molecule has 1 rings (SSSR count). The molecule has 1 heterocycles. The molecule has 0 radical (unpaired) electrons. The van der Waals surface area contributed by atoms with Crippen molar-refractivity contribution in [3.8, 4) is 0 Å². The molecular weight excluding hydrogens is 150 g/mol. The maximum atomic E-state index is 10.7. The zero-order chi connectivity index (χ0) is 7.72. The number of carbonyl (C=O) groups is 1. The summed E-state index contributed by atoms with van der Waals surface area (Å²) in [5, 5.41) is -0.392.